The van der Waals surface area contributed by atoms with Crippen LogP contribution in [0, 0.1) is 0 Å². The van der Waals surface area contributed by atoms with Crippen LogP contribution in [0.2, 0.25) is 10.0 Å². The van der Waals surface area contributed by atoms with E-state index in [2.05, 4.69) is 5.32 Å². The summed E-state index contributed by atoms with van der Waals surface area (Å²) in [7, 11) is -2.77. The number of hydrogen-bond acceptors (Lipinski definition) is 7. The van der Waals surface area contributed by atoms with E-state index >= 15 is 0 Å². The first-order valence-corrected chi connectivity index (χ1v) is 11.9. The molecule has 34 heavy (non-hydrogen) atoms. The third kappa shape index (κ3) is 4.66. The summed E-state index contributed by atoms with van der Waals surface area (Å²) in [5, 5.41) is 8.95. The third-order valence-electron chi connectivity index (χ3n) is 4.86. The number of methoxy groups -OCH3 is 1. The second kappa shape index (κ2) is 9.15. The average Bonchev–Trinajstić information content (AvgIpc) is 3.13. The molecule has 0 aliphatic heterocycles. The molecule has 1 aromatic heterocycles. The number of nitrogens with one attached hydrogen (secondary N) is 1. The molecule has 0 atom stereocenters. The number of amides is 1. The quantitative estimate of drug-likeness (QED) is 0.359. The van der Waals surface area contributed by atoms with Crippen LogP contribution in [-0.2, 0) is 19.6 Å². The van der Waals surface area contributed by atoms with Gasteiger partial charge in [0.15, 0.2) is 6.61 Å². The molecule has 0 spiro atoms. The summed E-state index contributed by atoms with van der Waals surface area (Å²) in [5.41, 5.74) is 1.19. The second-order valence-electron chi connectivity index (χ2n) is 7.08. The molecule has 3 aromatic carbocycles. The van der Waals surface area contributed by atoms with Gasteiger partial charge in [0, 0.05) is 16.8 Å². The van der Waals surface area contributed by atoms with Crippen molar-refractivity contribution in [1.29, 1.82) is 0 Å². The minimum absolute atomic E-state index is 0.167. The van der Waals surface area contributed by atoms with E-state index < -0.39 is 33.4 Å². The van der Waals surface area contributed by atoms with Crippen molar-refractivity contribution in [2.45, 2.75) is 4.90 Å². The lowest BCUT2D eigenvalue weighted by Gasteiger charge is -2.11. The lowest BCUT2D eigenvalue weighted by molar-refractivity contribution is -0.119. The molecule has 0 aliphatic rings. The number of sulfonamides is 1. The summed E-state index contributed by atoms with van der Waals surface area (Å²) in [5.74, 6) is -1.35. The highest BCUT2D eigenvalue weighted by atomic mass is 35.5. The monoisotopic (exact) mass is 522 g/mol. The Bertz CT molecular complexity index is 1560. The van der Waals surface area contributed by atoms with Crippen molar-refractivity contribution in [3.8, 4) is 5.75 Å². The van der Waals surface area contributed by atoms with Gasteiger partial charge in [-0.3, -0.25) is 4.79 Å². The maximum Gasteiger partial charge on any atom is 0.340 e. The number of carbonyl (C=O) groups excluding carboxylic acids is 2. The zero-order valence-electron chi connectivity index (χ0n) is 17.4. The summed E-state index contributed by atoms with van der Waals surface area (Å²) >= 11 is 11.8. The molecular formula is C22H16Cl2N2O7S. The molecule has 4 aromatic rings. The number of benzene rings is 3. The van der Waals surface area contributed by atoms with Crippen molar-refractivity contribution >= 4 is 72.7 Å². The number of fused-ring (bicyclic) bond motifs is 3. The minimum Gasteiger partial charge on any atom is -0.495 e. The van der Waals surface area contributed by atoms with Crippen LogP contribution >= 0.6 is 23.2 Å². The Labute approximate surface area is 203 Å². The number of para-hydroxylation sites is 1. The van der Waals surface area contributed by atoms with Crippen LogP contribution in [-0.4, -0.2) is 34.0 Å². The van der Waals surface area contributed by atoms with E-state index in [4.69, 9.17) is 42.2 Å². The summed E-state index contributed by atoms with van der Waals surface area (Å²) < 4.78 is 39.4. The zero-order chi connectivity index (χ0) is 24.6. The Morgan fingerprint density at radius 1 is 1.03 bits per heavy atom. The Kier molecular flexibility index (Phi) is 6.41. The number of primary sulfonamides is 1. The van der Waals surface area contributed by atoms with Gasteiger partial charge in [0.2, 0.25) is 10.0 Å². The van der Waals surface area contributed by atoms with E-state index in [1.165, 1.54) is 7.11 Å². The SMILES string of the molecule is COc1cc2c(cc1NC(=O)COC(=O)c1cc(S(N)(=O)=O)c(Cl)cc1Cl)oc1ccccc12. The van der Waals surface area contributed by atoms with E-state index in [0.717, 1.165) is 22.9 Å². The minimum atomic E-state index is -4.21. The number of carbonyl (C=O) groups is 2. The molecule has 176 valence electrons. The highest BCUT2D eigenvalue weighted by Gasteiger charge is 2.22. The Morgan fingerprint density at radius 3 is 2.47 bits per heavy atom. The van der Waals surface area contributed by atoms with Crippen LogP contribution in [0.1, 0.15) is 10.4 Å². The van der Waals surface area contributed by atoms with Gasteiger partial charge < -0.3 is 19.2 Å². The largest absolute Gasteiger partial charge is 0.495 e. The first-order chi connectivity index (χ1) is 16.1. The predicted octanol–water partition coefficient (Wildman–Crippen LogP) is 4.34. The molecule has 1 heterocycles. The van der Waals surface area contributed by atoms with Crippen molar-refractivity contribution in [2.75, 3.05) is 19.0 Å². The number of nitrogens with two attached hydrogens (primary N) is 1. The standard InChI is InChI=1S/C22H16Cl2N2O7S/c1-31-19-6-12-11-4-2-3-5-17(11)33-18(12)9-16(19)26-21(27)10-32-22(28)13-7-20(34(25,29)30)15(24)8-14(13)23/h2-9H,10H2,1H3,(H,26,27)(H2,25,29,30). The maximum atomic E-state index is 12.4. The maximum absolute atomic E-state index is 12.4. The molecule has 9 nitrogen and oxygen atoms in total. The number of ether oxygens (including phenoxy) is 2. The summed E-state index contributed by atoms with van der Waals surface area (Å²) in [6.45, 7) is -0.691. The highest BCUT2D eigenvalue weighted by Crippen LogP contribution is 2.36. The fourth-order valence-electron chi connectivity index (χ4n) is 3.32. The van der Waals surface area contributed by atoms with Gasteiger partial charge in [0.05, 0.1) is 28.4 Å². The number of esters is 1. The summed E-state index contributed by atoms with van der Waals surface area (Å²) in [4.78, 5) is 24.3. The van der Waals surface area contributed by atoms with Gasteiger partial charge in [-0.2, -0.15) is 0 Å². The van der Waals surface area contributed by atoms with E-state index in [1.54, 1.807) is 12.1 Å². The fourth-order valence-corrected chi connectivity index (χ4v) is 4.71. The first-order valence-electron chi connectivity index (χ1n) is 9.56. The van der Waals surface area contributed by atoms with E-state index in [9.17, 15) is 18.0 Å². The molecule has 0 aliphatic carbocycles. The average molecular weight is 523 g/mol. The van der Waals surface area contributed by atoms with Crippen molar-refractivity contribution in [1.82, 2.24) is 0 Å². The Balaban J connectivity index is 1.52. The molecule has 3 N–H and O–H groups in total. The lowest BCUT2D eigenvalue weighted by Crippen LogP contribution is -2.22. The topological polar surface area (TPSA) is 138 Å². The van der Waals surface area contributed by atoms with E-state index in [1.807, 2.05) is 24.3 Å². The smallest absolute Gasteiger partial charge is 0.340 e. The van der Waals surface area contributed by atoms with Gasteiger partial charge in [0.1, 0.15) is 21.8 Å². The number of anilines is 1. The summed E-state index contributed by atoms with van der Waals surface area (Å²) in [6, 6.07) is 12.7. The van der Waals surface area contributed by atoms with E-state index in [0.29, 0.717) is 22.6 Å². The number of rotatable bonds is 6. The van der Waals surface area contributed by atoms with Crippen molar-refractivity contribution in [3.63, 3.8) is 0 Å². The first kappa shape index (κ1) is 23.8. The number of hydrogen-bond donors (Lipinski definition) is 2. The molecular weight excluding hydrogens is 507 g/mol. The van der Waals surface area contributed by atoms with Crippen LogP contribution in [0.25, 0.3) is 21.9 Å². The highest BCUT2D eigenvalue weighted by molar-refractivity contribution is 7.89. The second-order valence-corrected chi connectivity index (χ2v) is 9.42. The lowest BCUT2D eigenvalue weighted by atomic mass is 10.1. The number of furan rings is 1. The van der Waals surface area contributed by atoms with Gasteiger partial charge in [-0.15, -0.1) is 0 Å². The van der Waals surface area contributed by atoms with Gasteiger partial charge in [0.25, 0.3) is 5.91 Å². The van der Waals surface area contributed by atoms with Gasteiger partial charge in [-0.05, 0) is 24.3 Å². The molecule has 0 bridgehead atoms. The zero-order valence-corrected chi connectivity index (χ0v) is 19.8. The molecule has 1 amide bonds. The van der Waals surface area contributed by atoms with Crippen LogP contribution in [0.3, 0.4) is 0 Å². The molecule has 4 rings (SSSR count). The molecule has 0 saturated carbocycles. The van der Waals surface area contributed by atoms with Crippen LogP contribution in [0.4, 0.5) is 5.69 Å². The van der Waals surface area contributed by atoms with Crippen molar-refractivity contribution < 1.29 is 31.9 Å². The van der Waals surface area contributed by atoms with Crippen molar-refractivity contribution in [2.24, 2.45) is 5.14 Å². The predicted molar refractivity (Wildman–Crippen MR) is 127 cm³/mol. The van der Waals surface area contributed by atoms with E-state index in [-0.39, 0.29) is 15.6 Å². The van der Waals surface area contributed by atoms with Gasteiger partial charge in [-0.1, -0.05) is 41.4 Å². The van der Waals surface area contributed by atoms with Crippen molar-refractivity contribution in [3.05, 3.63) is 64.1 Å². The molecule has 0 fully saturated rings. The van der Waals surface area contributed by atoms with Crippen LogP contribution in [0.15, 0.2) is 57.8 Å². The fraction of sp³-hybridized carbons (Fsp3) is 0.0909. The molecule has 12 heteroatoms. The van der Waals surface area contributed by atoms with Gasteiger partial charge in [-0.25, -0.2) is 18.4 Å². The number of halogens is 2. The Hall–Kier alpha value is -3.31. The molecule has 0 radical (unpaired) electrons. The third-order valence-corrected chi connectivity index (χ3v) is 6.54. The molecule has 0 unspecified atom stereocenters. The van der Waals surface area contributed by atoms with Crippen LogP contribution < -0.4 is 15.2 Å². The van der Waals surface area contributed by atoms with Gasteiger partial charge >= 0.3 is 5.97 Å². The summed E-state index contributed by atoms with van der Waals surface area (Å²) in [6.07, 6.45) is 0. The molecule has 0 saturated heterocycles. The van der Waals surface area contributed by atoms with Crippen LogP contribution in [0.5, 0.6) is 5.75 Å². The normalized spacial score (nSPS) is 11.5. The Morgan fingerprint density at radius 2 is 1.76 bits per heavy atom.